The molecule has 1 heterocycles. The minimum atomic E-state index is -1.18. The summed E-state index contributed by atoms with van der Waals surface area (Å²) in [5, 5.41) is 19.5. The van der Waals surface area contributed by atoms with Crippen LogP contribution >= 0.6 is 0 Å². The Morgan fingerprint density at radius 3 is 2.48 bits per heavy atom. The lowest BCUT2D eigenvalue weighted by Gasteiger charge is -2.20. The number of nitrogens with one attached hydrogen (secondary N) is 1. The van der Waals surface area contributed by atoms with Crippen molar-refractivity contribution in [2.24, 2.45) is 5.10 Å². The quantitative estimate of drug-likeness (QED) is 0.556. The average Bonchev–Trinajstić information content (AvgIpc) is 2.91. The van der Waals surface area contributed by atoms with Crippen LogP contribution in [0, 0.1) is 0 Å². The molecule has 0 aliphatic carbocycles. The Kier molecular flexibility index (Phi) is 3.88. The summed E-state index contributed by atoms with van der Waals surface area (Å²) in [7, 11) is 0. The van der Waals surface area contributed by atoms with Crippen molar-refractivity contribution in [3.63, 3.8) is 0 Å². The van der Waals surface area contributed by atoms with Gasteiger partial charge in [-0.3, -0.25) is 4.79 Å². The first-order valence-corrected chi connectivity index (χ1v) is 8.47. The summed E-state index contributed by atoms with van der Waals surface area (Å²) in [4.78, 5) is 25.2. The van der Waals surface area contributed by atoms with E-state index >= 15 is 0 Å². The fraction of sp³-hybridized carbons (Fsp3) is 0.0952. The Morgan fingerprint density at radius 2 is 1.70 bits per heavy atom. The number of phenolic OH excluding ortho intramolecular Hbond substituents is 1. The number of amides is 3. The molecule has 0 radical (unpaired) electrons. The highest BCUT2D eigenvalue weighted by molar-refractivity contribution is 6.08. The van der Waals surface area contributed by atoms with Crippen LogP contribution in [-0.2, 0) is 10.3 Å². The Morgan fingerprint density at radius 1 is 1.00 bits per heavy atom. The minimum Gasteiger partial charge on any atom is -0.507 e. The molecule has 3 aromatic carbocycles. The molecule has 0 bridgehead atoms. The molecule has 6 nitrogen and oxygen atoms in total. The van der Waals surface area contributed by atoms with Crippen LogP contribution in [0.3, 0.4) is 0 Å². The highest BCUT2D eigenvalue weighted by atomic mass is 16.3. The number of hydrogen-bond donors (Lipinski definition) is 2. The highest BCUT2D eigenvalue weighted by Gasteiger charge is 2.49. The molecule has 1 aliphatic heterocycles. The van der Waals surface area contributed by atoms with E-state index in [-0.39, 0.29) is 5.75 Å². The molecular weight excluding hydrogens is 342 g/mol. The summed E-state index contributed by atoms with van der Waals surface area (Å²) in [6, 6.07) is 19.2. The first kappa shape index (κ1) is 16.8. The number of carbonyl (C=O) groups excluding carboxylic acids is 2. The minimum absolute atomic E-state index is 0.0234. The Bertz CT molecular complexity index is 1080. The molecule has 3 amide bonds. The molecule has 134 valence electrons. The van der Waals surface area contributed by atoms with E-state index in [1.54, 1.807) is 43.3 Å². The molecular formula is C21H17N3O3. The SMILES string of the molecule is C[C@@]1(c2ccccc2)NC(=O)N(/N=C/c2c(O)ccc3ccccc23)C1=O. The molecule has 1 fully saturated rings. The Hall–Kier alpha value is -3.67. The molecule has 1 aliphatic rings. The van der Waals surface area contributed by atoms with Crippen molar-refractivity contribution < 1.29 is 14.7 Å². The maximum absolute atomic E-state index is 12.9. The zero-order valence-electron chi connectivity index (χ0n) is 14.6. The van der Waals surface area contributed by atoms with Crippen molar-refractivity contribution in [3.8, 4) is 5.75 Å². The van der Waals surface area contributed by atoms with Gasteiger partial charge in [0.2, 0.25) is 0 Å². The van der Waals surface area contributed by atoms with Crippen LogP contribution in [0.5, 0.6) is 5.75 Å². The molecule has 0 unspecified atom stereocenters. The summed E-state index contributed by atoms with van der Waals surface area (Å²) in [5.41, 5.74) is -0.0627. The van der Waals surface area contributed by atoms with Crippen molar-refractivity contribution >= 4 is 28.9 Å². The van der Waals surface area contributed by atoms with E-state index in [2.05, 4.69) is 10.4 Å². The molecule has 0 saturated carbocycles. The lowest BCUT2D eigenvalue weighted by Crippen LogP contribution is -2.40. The second kappa shape index (κ2) is 6.25. The number of urea groups is 1. The number of rotatable bonds is 3. The predicted octanol–water partition coefficient (Wildman–Crippen LogP) is 3.35. The number of hydrogen-bond acceptors (Lipinski definition) is 4. The first-order valence-electron chi connectivity index (χ1n) is 8.47. The van der Waals surface area contributed by atoms with E-state index in [1.807, 2.05) is 30.3 Å². The molecule has 0 aromatic heterocycles. The highest BCUT2D eigenvalue weighted by Crippen LogP contribution is 2.30. The zero-order chi connectivity index (χ0) is 19.0. The first-order chi connectivity index (χ1) is 13.0. The fourth-order valence-electron chi connectivity index (χ4n) is 3.23. The largest absolute Gasteiger partial charge is 0.507 e. The van der Waals surface area contributed by atoms with E-state index < -0.39 is 17.5 Å². The van der Waals surface area contributed by atoms with Crippen molar-refractivity contribution in [3.05, 3.63) is 77.9 Å². The van der Waals surface area contributed by atoms with Gasteiger partial charge in [0.15, 0.2) is 0 Å². The topological polar surface area (TPSA) is 82.0 Å². The van der Waals surface area contributed by atoms with Gasteiger partial charge in [-0.2, -0.15) is 5.10 Å². The van der Waals surface area contributed by atoms with Crippen LogP contribution in [0.1, 0.15) is 18.1 Å². The van der Waals surface area contributed by atoms with E-state index in [0.717, 1.165) is 15.8 Å². The summed E-state index contributed by atoms with van der Waals surface area (Å²) in [6.45, 7) is 1.65. The average molecular weight is 359 g/mol. The number of hydrazone groups is 1. The molecule has 6 heteroatoms. The molecule has 3 aromatic rings. The summed E-state index contributed by atoms with van der Waals surface area (Å²) in [5.74, 6) is -0.454. The second-order valence-corrected chi connectivity index (χ2v) is 6.50. The van der Waals surface area contributed by atoms with Gasteiger partial charge in [0.05, 0.1) is 6.21 Å². The third-order valence-electron chi connectivity index (χ3n) is 4.77. The molecule has 0 spiro atoms. The van der Waals surface area contributed by atoms with E-state index in [1.165, 1.54) is 6.21 Å². The molecule has 1 atom stereocenters. The van der Waals surface area contributed by atoms with Crippen LogP contribution < -0.4 is 5.32 Å². The van der Waals surface area contributed by atoms with Gasteiger partial charge in [-0.15, -0.1) is 5.01 Å². The van der Waals surface area contributed by atoms with Crippen LogP contribution in [0.25, 0.3) is 10.8 Å². The second-order valence-electron chi connectivity index (χ2n) is 6.50. The van der Waals surface area contributed by atoms with Crippen molar-refractivity contribution in [1.82, 2.24) is 10.3 Å². The molecule has 4 rings (SSSR count). The number of benzene rings is 3. The van der Waals surface area contributed by atoms with E-state index in [9.17, 15) is 14.7 Å². The maximum Gasteiger partial charge on any atom is 0.346 e. The summed E-state index contributed by atoms with van der Waals surface area (Å²) < 4.78 is 0. The number of imide groups is 1. The normalized spacial score (nSPS) is 19.8. The van der Waals surface area contributed by atoms with Gasteiger partial charge in [-0.25, -0.2) is 4.79 Å². The third kappa shape index (κ3) is 2.71. The summed E-state index contributed by atoms with van der Waals surface area (Å²) in [6.07, 6.45) is 1.34. The Labute approximate surface area is 155 Å². The smallest absolute Gasteiger partial charge is 0.346 e. The van der Waals surface area contributed by atoms with Crippen molar-refractivity contribution in [1.29, 1.82) is 0 Å². The number of nitrogens with zero attached hydrogens (tertiary/aromatic N) is 2. The lowest BCUT2D eigenvalue weighted by molar-refractivity contribution is -0.131. The van der Waals surface area contributed by atoms with Crippen LogP contribution in [0.15, 0.2) is 71.8 Å². The standard InChI is InChI=1S/C21H17N3O3/c1-21(15-8-3-2-4-9-15)19(26)24(20(27)23-21)22-13-17-16-10-6-5-7-14(16)11-12-18(17)25/h2-13,25H,1H3,(H,23,27)/b22-13+/t21-/m0/s1. The van der Waals surface area contributed by atoms with E-state index in [4.69, 9.17) is 0 Å². The van der Waals surface area contributed by atoms with Gasteiger partial charge < -0.3 is 10.4 Å². The monoisotopic (exact) mass is 359 g/mol. The van der Waals surface area contributed by atoms with Gasteiger partial charge >= 0.3 is 6.03 Å². The van der Waals surface area contributed by atoms with Crippen LogP contribution in [-0.4, -0.2) is 28.3 Å². The molecule has 1 saturated heterocycles. The third-order valence-corrected chi connectivity index (χ3v) is 4.77. The maximum atomic E-state index is 12.9. The van der Waals surface area contributed by atoms with Crippen molar-refractivity contribution in [2.75, 3.05) is 0 Å². The number of fused-ring (bicyclic) bond motifs is 1. The van der Waals surface area contributed by atoms with Crippen molar-refractivity contribution in [2.45, 2.75) is 12.5 Å². The Balaban J connectivity index is 1.71. The van der Waals surface area contributed by atoms with Gasteiger partial charge in [0.25, 0.3) is 5.91 Å². The van der Waals surface area contributed by atoms with Gasteiger partial charge in [0, 0.05) is 5.56 Å². The van der Waals surface area contributed by atoms with Gasteiger partial charge in [-0.1, -0.05) is 60.7 Å². The van der Waals surface area contributed by atoms with Crippen LogP contribution in [0.4, 0.5) is 4.79 Å². The molecule has 27 heavy (non-hydrogen) atoms. The number of carbonyl (C=O) groups is 2. The number of phenols is 1. The lowest BCUT2D eigenvalue weighted by atomic mass is 9.92. The van der Waals surface area contributed by atoms with Gasteiger partial charge in [0.1, 0.15) is 11.3 Å². The number of aromatic hydroxyl groups is 1. The summed E-state index contributed by atoms with van der Waals surface area (Å²) >= 11 is 0. The fourth-order valence-corrected chi connectivity index (χ4v) is 3.23. The van der Waals surface area contributed by atoms with Gasteiger partial charge in [-0.05, 0) is 29.3 Å². The molecule has 2 N–H and O–H groups in total. The van der Waals surface area contributed by atoms with E-state index in [0.29, 0.717) is 11.1 Å². The predicted molar refractivity (Wildman–Crippen MR) is 102 cm³/mol. The van der Waals surface area contributed by atoms with Crippen LogP contribution in [0.2, 0.25) is 0 Å². The zero-order valence-corrected chi connectivity index (χ0v) is 14.6.